The van der Waals surface area contributed by atoms with Gasteiger partial charge in [0.1, 0.15) is 0 Å². The molecule has 0 aromatic heterocycles. The summed E-state index contributed by atoms with van der Waals surface area (Å²) < 4.78 is 0. The van der Waals surface area contributed by atoms with Crippen molar-refractivity contribution in [1.82, 2.24) is 10.2 Å². The van der Waals surface area contributed by atoms with Crippen LogP contribution in [0.3, 0.4) is 0 Å². The summed E-state index contributed by atoms with van der Waals surface area (Å²) in [4.78, 5) is 25.6. The van der Waals surface area contributed by atoms with Crippen LogP contribution in [0.1, 0.15) is 40.5 Å². The van der Waals surface area contributed by atoms with Crippen LogP contribution in [0.25, 0.3) is 0 Å². The maximum atomic E-state index is 11.9. The summed E-state index contributed by atoms with van der Waals surface area (Å²) in [6.45, 7) is 9.15. The molecule has 0 radical (unpaired) electrons. The zero-order chi connectivity index (χ0) is 14.6. The van der Waals surface area contributed by atoms with Gasteiger partial charge in [-0.3, -0.25) is 9.59 Å². The Hall–Kier alpha value is -0.810. The molecule has 3 N–H and O–H groups in total. The smallest absolute Gasteiger partial charge is 0.237 e. The number of rotatable bonds is 4. The van der Waals surface area contributed by atoms with Gasteiger partial charge in [-0.2, -0.15) is 0 Å². The summed E-state index contributed by atoms with van der Waals surface area (Å²) in [6.07, 6.45) is 1.63. The molecule has 0 aliphatic carbocycles. The number of nitrogens with two attached hydrogens (primary N) is 1. The van der Waals surface area contributed by atoms with E-state index < -0.39 is 6.04 Å². The molecule has 1 aliphatic heterocycles. The highest BCUT2D eigenvalue weighted by Gasteiger charge is 2.26. The van der Waals surface area contributed by atoms with Crippen molar-refractivity contribution >= 4 is 24.2 Å². The molecule has 0 bridgehead atoms. The second-order valence-electron chi connectivity index (χ2n) is 6.03. The van der Waals surface area contributed by atoms with Crippen LogP contribution < -0.4 is 11.1 Å². The number of carbonyl (C=O) groups excluding carboxylic acids is 2. The summed E-state index contributed by atoms with van der Waals surface area (Å²) in [5.41, 5.74) is 5.82. The highest BCUT2D eigenvalue weighted by Crippen LogP contribution is 2.13. The molecule has 6 heteroatoms. The minimum absolute atomic E-state index is 0. The Labute approximate surface area is 128 Å². The van der Waals surface area contributed by atoms with E-state index in [1.54, 1.807) is 0 Å². The van der Waals surface area contributed by atoms with Gasteiger partial charge in [-0.15, -0.1) is 12.4 Å². The van der Waals surface area contributed by atoms with Gasteiger partial charge in [0.2, 0.25) is 11.8 Å². The molecule has 0 aromatic rings. The molecule has 0 saturated carbocycles. The van der Waals surface area contributed by atoms with Crippen molar-refractivity contribution in [3.63, 3.8) is 0 Å². The average molecular weight is 306 g/mol. The maximum Gasteiger partial charge on any atom is 0.237 e. The minimum Gasteiger partial charge on any atom is -0.352 e. The zero-order valence-electron chi connectivity index (χ0n) is 12.9. The summed E-state index contributed by atoms with van der Waals surface area (Å²) >= 11 is 0. The Balaban J connectivity index is 0.00000361. The molecular weight excluding hydrogens is 278 g/mol. The summed E-state index contributed by atoms with van der Waals surface area (Å²) in [7, 11) is 0. The zero-order valence-corrected chi connectivity index (χ0v) is 13.7. The largest absolute Gasteiger partial charge is 0.352 e. The molecule has 1 fully saturated rings. The third-order valence-electron chi connectivity index (χ3n) is 3.67. The van der Waals surface area contributed by atoms with Crippen molar-refractivity contribution in [3.05, 3.63) is 0 Å². The van der Waals surface area contributed by atoms with Gasteiger partial charge in [0, 0.05) is 25.0 Å². The van der Waals surface area contributed by atoms with E-state index in [1.165, 1.54) is 0 Å². The number of amides is 2. The summed E-state index contributed by atoms with van der Waals surface area (Å²) in [6, 6.07) is -0.302. The van der Waals surface area contributed by atoms with E-state index in [-0.39, 0.29) is 42.1 Å². The fourth-order valence-corrected chi connectivity index (χ4v) is 2.21. The van der Waals surface area contributed by atoms with Gasteiger partial charge in [0.05, 0.1) is 6.04 Å². The fourth-order valence-electron chi connectivity index (χ4n) is 2.21. The Morgan fingerprint density at radius 2 is 1.65 bits per heavy atom. The predicted octanol–water partition coefficient (Wildman–Crippen LogP) is 1.15. The van der Waals surface area contributed by atoms with Crippen molar-refractivity contribution in [3.8, 4) is 0 Å². The third kappa shape index (κ3) is 5.29. The van der Waals surface area contributed by atoms with Gasteiger partial charge in [0.15, 0.2) is 0 Å². The van der Waals surface area contributed by atoms with E-state index in [0.29, 0.717) is 0 Å². The molecule has 118 valence electrons. The SMILES string of the molecule is CC(C)C(=O)N1CCC(NC(=O)[C@H](N)C(C)C)CC1.Cl. The Morgan fingerprint density at radius 3 is 2.05 bits per heavy atom. The number of nitrogens with zero attached hydrogens (tertiary/aromatic N) is 1. The monoisotopic (exact) mass is 305 g/mol. The van der Waals surface area contributed by atoms with Crippen LogP contribution in [0.2, 0.25) is 0 Å². The van der Waals surface area contributed by atoms with Crippen LogP contribution in [-0.4, -0.2) is 41.9 Å². The second-order valence-corrected chi connectivity index (χ2v) is 6.03. The lowest BCUT2D eigenvalue weighted by Crippen LogP contribution is -2.52. The molecule has 1 heterocycles. The first-order chi connectivity index (χ1) is 8.82. The summed E-state index contributed by atoms with van der Waals surface area (Å²) in [5, 5.41) is 2.99. The molecule has 1 aliphatic rings. The second kappa shape index (κ2) is 8.47. The van der Waals surface area contributed by atoms with Gasteiger partial charge in [-0.05, 0) is 18.8 Å². The van der Waals surface area contributed by atoms with Crippen LogP contribution in [0.4, 0.5) is 0 Å². The van der Waals surface area contributed by atoms with E-state index in [9.17, 15) is 9.59 Å². The molecule has 2 amide bonds. The lowest BCUT2D eigenvalue weighted by atomic mass is 10.0. The molecule has 0 aromatic carbocycles. The molecule has 1 saturated heterocycles. The third-order valence-corrected chi connectivity index (χ3v) is 3.67. The van der Waals surface area contributed by atoms with E-state index >= 15 is 0 Å². The van der Waals surface area contributed by atoms with Gasteiger partial charge < -0.3 is 16.0 Å². The van der Waals surface area contributed by atoms with E-state index in [1.807, 2.05) is 32.6 Å². The molecular formula is C14H28ClN3O2. The average Bonchev–Trinajstić information content (AvgIpc) is 2.37. The van der Waals surface area contributed by atoms with Crippen molar-refractivity contribution in [2.24, 2.45) is 17.6 Å². The molecule has 1 rings (SSSR count). The van der Waals surface area contributed by atoms with Crippen LogP contribution in [0.15, 0.2) is 0 Å². The molecule has 1 atom stereocenters. The highest BCUT2D eigenvalue weighted by molar-refractivity contribution is 5.85. The standard InChI is InChI=1S/C14H27N3O2.ClH/c1-9(2)12(15)13(18)16-11-5-7-17(8-6-11)14(19)10(3)4;/h9-12H,5-8,15H2,1-4H3,(H,16,18);1H/t12-;/m1./s1. The van der Waals surface area contributed by atoms with Crippen molar-refractivity contribution in [2.75, 3.05) is 13.1 Å². The van der Waals surface area contributed by atoms with Crippen molar-refractivity contribution < 1.29 is 9.59 Å². The number of hydrogen-bond acceptors (Lipinski definition) is 3. The number of carbonyl (C=O) groups is 2. The van der Waals surface area contributed by atoms with E-state index in [2.05, 4.69) is 5.32 Å². The number of halogens is 1. The van der Waals surface area contributed by atoms with Crippen LogP contribution >= 0.6 is 12.4 Å². The lowest BCUT2D eigenvalue weighted by molar-refractivity contribution is -0.135. The number of piperidine rings is 1. The van der Waals surface area contributed by atoms with Crippen molar-refractivity contribution in [2.45, 2.75) is 52.6 Å². The maximum absolute atomic E-state index is 11.9. The number of likely N-dealkylation sites (tertiary alicyclic amines) is 1. The minimum atomic E-state index is -0.449. The topological polar surface area (TPSA) is 75.4 Å². The normalized spacial score (nSPS) is 17.9. The first-order valence-electron chi connectivity index (χ1n) is 7.17. The van der Waals surface area contributed by atoms with Gasteiger partial charge in [0.25, 0.3) is 0 Å². The van der Waals surface area contributed by atoms with E-state index in [4.69, 9.17) is 5.73 Å². The molecule has 0 unspecified atom stereocenters. The van der Waals surface area contributed by atoms with Crippen LogP contribution in [0.5, 0.6) is 0 Å². The predicted molar refractivity (Wildman–Crippen MR) is 82.6 cm³/mol. The molecule has 5 nitrogen and oxygen atoms in total. The van der Waals surface area contributed by atoms with Gasteiger partial charge in [-0.25, -0.2) is 0 Å². The van der Waals surface area contributed by atoms with Gasteiger partial charge in [-0.1, -0.05) is 27.7 Å². The lowest BCUT2D eigenvalue weighted by Gasteiger charge is -2.34. The number of hydrogen-bond donors (Lipinski definition) is 2. The van der Waals surface area contributed by atoms with E-state index in [0.717, 1.165) is 25.9 Å². The summed E-state index contributed by atoms with van der Waals surface area (Å²) in [5.74, 6) is 0.301. The Kier molecular flexibility index (Phi) is 8.13. The Bertz CT molecular complexity index is 326. The Morgan fingerprint density at radius 1 is 1.15 bits per heavy atom. The van der Waals surface area contributed by atoms with Gasteiger partial charge >= 0.3 is 0 Å². The molecule has 0 spiro atoms. The molecule has 20 heavy (non-hydrogen) atoms. The first kappa shape index (κ1) is 19.2. The van der Waals surface area contributed by atoms with Crippen LogP contribution in [0, 0.1) is 11.8 Å². The van der Waals surface area contributed by atoms with Crippen molar-refractivity contribution in [1.29, 1.82) is 0 Å². The number of nitrogens with one attached hydrogen (secondary N) is 1. The fraction of sp³-hybridized carbons (Fsp3) is 0.857. The highest BCUT2D eigenvalue weighted by atomic mass is 35.5. The van der Waals surface area contributed by atoms with Crippen LogP contribution in [-0.2, 0) is 9.59 Å². The first-order valence-corrected chi connectivity index (χ1v) is 7.17. The quantitative estimate of drug-likeness (QED) is 0.818.